The van der Waals surface area contributed by atoms with Crippen molar-refractivity contribution in [3.05, 3.63) is 0 Å². The van der Waals surface area contributed by atoms with Gasteiger partial charge in [0, 0.05) is 5.92 Å². The van der Waals surface area contributed by atoms with Gasteiger partial charge in [-0.25, -0.2) is 0 Å². The number of rotatable bonds is 4. The van der Waals surface area contributed by atoms with Crippen molar-refractivity contribution in [1.82, 2.24) is 0 Å². The molecule has 14 heavy (non-hydrogen) atoms. The molecule has 82 valence electrons. The normalized spacial score (nSPS) is 29.9. The van der Waals surface area contributed by atoms with Crippen LogP contribution in [0.5, 0.6) is 0 Å². The van der Waals surface area contributed by atoms with E-state index in [2.05, 4.69) is 0 Å². The molecule has 0 aromatic carbocycles. The Labute approximate surface area is 86.7 Å². The maximum atomic E-state index is 11.0. The Morgan fingerprint density at radius 1 is 1.43 bits per heavy atom. The number of ketones is 1. The molecule has 1 aliphatic rings. The van der Waals surface area contributed by atoms with Gasteiger partial charge in [-0.2, -0.15) is 0 Å². The number of carbonyl (C=O) groups excluding carboxylic acids is 1. The summed E-state index contributed by atoms with van der Waals surface area (Å²) in [6.45, 7) is 3.64. The van der Waals surface area contributed by atoms with Crippen LogP contribution in [0.1, 0.15) is 52.4 Å². The van der Waals surface area contributed by atoms with Gasteiger partial charge in [0.1, 0.15) is 5.78 Å². The predicted molar refractivity (Wildman–Crippen MR) is 57.0 cm³/mol. The zero-order valence-corrected chi connectivity index (χ0v) is 9.33. The van der Waals surface area contributed by atoms with Crippen LogP contribution in [0, 0.1) is 11.8 Å². The van der Waals surface area contributed by atoms with Crippen LogP contribution >= 0.6 is 0 Å². The Morgan fingerprint density at radius 3 is 2.64 bits per heavy atom. The van der Waals surface area contributed by atoms with Gasteiger partial charge in [-0.3, -0.25) is 4.79 Å². The highest BCUT2D eigenvalue weighted by Crippen LogP contribution is 2.29. The van der Waals surface area contributed by atoms with Gasteiger partial charge < -0.3 is 5.11 Å². The molecule has 2 nitrogen and oxygen atoms in total. The minimum Gasteiger partial charge on any atom is -0.393 e. The number of aliphatic hydroxyl groups is 1. The van der Waals surface area contributed by atoms with Crippen molar-refractivity contribution in [3.63, 3.8) is 0 Å². The molecule has 0 aliphatic heterocycles. The SMILES string of the molecule is CC(=O)C(C)CCC1CCCCC1O. The smallest absolute Gasteiger partial charge is 0.132 e. The maximum absolute atomic E-state index is 11.0. The van der Waals surface area contributed by atoms with Gasteiger partial charge in [0.05, 0.1) is 6.10 Å². The minimum absolute atomic E-state index is 0.108. The van der Waals surface area contributed by atoms with Crippen LogP contribution in [-0.2, 0) is 4.79 Å². The van der Waals surface area contributed by atoms with E-state index in [1.54, 1.807) is 6.92 Å². The summed E-state index contributed by atoms with van der Waals surface area (Å²) in [5.74, 6) is 0.893. The molecule has 1 saturated carbocycles. The molecule has 0 spiro atoms. The molecule has 0 saturated heterocycles. The van der Waals surface area contributed by atoms with Crippen molar-refractivity contribution in [3.8, 4) is 0 Å². The highest BCUT2D eigenvalue weighted by molar-refractivity contribution is 5.77. The van der Waals surface area contributed by atoms with Crippen LogP contribution in [0.25, 0.3) is 0 Å². The van der Waals surface area contributed by atoms with Crippen LogP contribution in [-0.4, -0.2) is 17.0 Å². The second-order valence-corrected chi connectivity index (χ2v) is 4.70. The zero-order valence-electron chi connectivity index (χ0n) is 9.33. The van der Waals surface area contributed by atoms with Gasteiger partial charge in [0.2, 0.25) is 0 Å². The summed E-state index contributed by atoms with van der Waals surface area (Å²) in [7, 11) is 0. The van der Waals surface area contributed by atoms with Crippen LogP contribution in [0.4, 0.5) is 0 Å². The van der Waals surface area contributed by atoms with Crippen molar-refractivity contribution in [2.75, 3.05) is 0 Å². The molecule has 1 rings (SSSR count). The Balaban J connectivity index is 2.25. The van der Waals surface area contributed by atoms with Gasteiger partial charge in [-0.05, 0) is 38.5 Å². The molecule has 1 fully saturated rings. The first-order valence-electron chi connectivity index (χ1n) is 5.79. The number of hydrogen-bond acceptors (Lipinski definition) is 2. The lowest BCUT2D eigenvalue weighted by Gasteiger charge is -2.28. The fourth-order valence-electron chi connectivity index (χ4n) is 2.19. The molecule has 1 N–H and O–H groups in total. The number of hydrogen-bond donors (Lipinski definition) is 1. The van der Waals surface area contributed by atoms with Crippen LogP contribution in [0.15, 0.2) is 0 Å². The zero-order chi connectivity index (χ0) is 10.6. The van der Waals surface area contributed by atoms with Gasteiger partial charge in [0.25, 0.3) is 0 Å². The summed E-state index contributed by atoms with van der Waals surface area (Å²) < 4.78 is 0. The van der Waals surface area contributed by atoms with Crippen molar-refractivity contribution in [2.24, 2.45) is 11.8 Å². The Bertz CT molecular complexity index is 189. The van der Waals surface area contributed by atoms with Crippen molar-refractivity contribution < 1.29 is 9.90 Å². The van der Waals surface area contributed by atoms with Crippen LogP contribution < -0.4 is 0 Å². The monoisotopic (exact) mass is 198 g/mol. The first-order chi connectivity index (χ1) is 6.61. The Kier molecular flexibility index (Phi) is 4.59. The third kappa shape index (κ3) is 3.41. The summed E-state index contributed by atoms with van der Waals surface area (Å²) >= 11 is 0. The standard InChI is InChI=1S/C12H22O2/c1-9(10(2)13)7-8-11-5-3-4-6-12(11)14/h9,11-12,14H,3-8H2,1-2H3. The third-order valence-electron chi connectivity index (χ3n) is 3.53. The maximum Gasteiger partial charge on any atom is 0.132 e. The van der Waals surface area contributed by atoms with Crippen LogP contribution in [0.3, 0.4) is 0 Å². The molecule has 2 heteroatoms. The molecule has 0 aromatic heterocycles. The molecule has 0 amide bonds. The average molecular weight is 198 g/mol. The van der Waals surface area contributed by atoms with E-state index in [0.717, 1.165) is 25.7 Å². The van der Waals surface area contributed by atoms with E-state index in [-0.39, 0.29) is 17.8 Å². The van der Waals surface area contributed by atoms with E-state index >= 15 is 0 Å². The Hall–Kier alpha value is -0.370. The highest BCUT2D eigenvalue weighted by Gasteiger charge is 2.23. The predicted octanol–water partition coefficient (Wildman–Crippen LogP) is 2.54. The van der Waals surface area contributed by atoms with E-state index < -0.39 is 0 Å². The second-order valence-electron chi connectivity index (χ2n) is 4.70. The topological polar surface area (TPSA) is 37.3 Å². The minimum atomic E-state index is -0.108. The van der Waals surface area contributed by atoms with Gasteiger partial charge in [-0.15, -0.1) is 0 Å². The summed E-state index contributed by atoms with van der Waals surface area (Å²) in [5.41, 5.74) is 0. The molecule has 1 aliphatic carbocycles. The van der Waals surface area contributed by atoms with E-state index in [0.29, 0.717) is 5.92 Å². The van der Waals surface area contributed by atoms with E-state index in [1.807, 2.05) is 6.92 Å². The van der Waals surface area contributed by atoms with Crippen molar-refractivity contribution in [1.29, 1.82) is 0 Å². The van der Waals surface area contributed by atoms with Gasteiger partial charge in [-0.1, -0.05) is 19.8 Å². The summed E-state index contributed by atoms with van der Waals surface area (Å²) in [5, 5.41) is 9.74. The van der Waals surface area contributed by atoms with E-state index in [1.165, 1.54) is 12.8 Å². The third-order valence-corrected chi connectivity index (χ3v) is 3.53. The first-order valence-corrected chi connectivity index (χ1v) is 5.79. The first kappa shape index (κ1) is 11.7. The molecule has 0 heterocycles. The number of carbonyl (C=O) groups is 1. The molecular weight excluding hydrogens is 176 g/mol. The van der Waals surface area contributed by atoms with E-state index in [9.17, 15) is 9.90 Å². The molecule has 0 aromatic rings. The lowest BCUT2D eigenvalue weighted by molar-refractivity contribution is -0.120. The fraction of sp³-hybridized carbons (Fsp3) is 0.917. The van der Waals surface area contributed by atoms with E-state index in [4.69, 9.17) is 0 Å². The number of Topliss-reactive ketones (excluding diaryl/α,β-unsaturated/α-hetero) is 1. The largest absolute Gasteiger partial charge is 0.393 e. The molecule has 0 bridgehead atoms. The lowest BCUT2D eigenvalue weighted by Crippen LogP contribution is -2.25. The van der Waals surface area contributed by atoms with Crippen molar-refractivity contribution in [2.45, 2.75) is 58.5 Å². The van der Waals surface area contributed by atoms with Crippen LogP contribution in [0.2, 0.25) is 0 Å². The second kappa shape index (κ2) is 5.50. The van der Waals surface area contributed by atoms with Gasteiger partial charge in [0.15, 0.2) is 0 Å². The summed E-state index contributed by atoms with van der Waals surface area (Å²) in [6.07, 6.45) is 6.36. The molecule has 0 radical (unpaired) electrons. The average Bonchev–Trinajstić information content (AvgIpc) is 2.16. The summed E-state index contributed by atoms with van der Waals surface area (Å²) in [6, 6.07) is 0. The number of aliphatic hydroxyl groups excluding tert-OH is 1. The molecule has 3 unspecified atom stereocenters. The fourth-order valence-corrected chi connectivity index (χ4v) is 2.19. The molecular formula is C12H22O2. The quantitative estimate of drug-likeness (QED) is 0.753. The lowest BCUT2D eigenvalue weighted by atomic mass is 9.82. The Morgan fingerprint density at radius 2 is 2.07 bits per heavy atom. The summed E-state index contributed by atoms with van der Waals surface area (Å²) in [4.78, 5) is 11.0. The van der Waals surface area contributed by atoms with Crippen molar-refractivity contribution >= 4 is 5.78 Å². The highest BCUT2D eigenvalue weighted by atomic mass is 16.3. The molecule has 3 atom stereocenters. The van der Waals surface area contributed by atoms with Gasteiger partial charge >= 0.3 is 0 Å².